The summed E-state index contributed by atoms with van der Waals surface area (Å²) in [6.07, 6.45) is -3.33. The number of nitrogens with zero attached hydrogens (tertiary/aromatic N) is 2. The minimum atomic E-state index is -4.68. The number of benzene rings is 2. The molecular weight excluding hydrogens is 367 g/mol. The van der Waals surface area contributed by atoms with Gasteiger partial charge < -0.3 is 9.47 Å². The number of ether oxygens (including phenoxy) is 2. The summed E-state index contributed by atoms with van der Waals surface area (Å²) in [5, 5.41) is 14.9. The molecule has 0 amide bonds. The Bertz CT molecular complexity index is 854. The minimum absolute atomic E-state index is 0.165. The maximum absolute atomic E-state index is 12.7. The number of rotatable bonds is 7. The smallest absolute Gasteiger partial charge is 0.416 e. The Kier molecular flexibility index (Phi) is 6.22. The monoisotopic (exact) mass is 383 g/mol. The molecule has 0 heterocycles. The fourth-order valence-electron chi connectivity index (χ4n) is 2.17. The fraction of sp³-hybridized carbons (Fsp3) is 0.235. The highest BCUT2D eigenvalue weighted by Gasteiger charge is 2.33. The summed E-state index contributed by atoms with van der Waals surface area (Å²) in [6.45, 7) is 2.29. The lowest BCUT2D eigenvalue weighted by Gasteiger charge is -2.09. The van der Waals surface area contributed by atoms with Gasteiger partial charge in [-0.15, -0.1) is 0 Å². The van der Waals surface area contributed by atoms with E-state index in [9.17, 15) is 23.3 Å². The van der Waals surface area contributed by atoms with Crippen molar-refractivity contribution in [2.24, 2.45) is 5.10 Å². The van der Waals surface area contributed by atoms with E-state index in [-0.39, 0.29) is 5.69 Å². The first-order valence-electron chi connectivity index (χ1n) is 7.71. The second-order valence-corrected chi connectivity index (χ2v) is 5.20. The van der Waals surface area contributed by atoms with Gasteiger partial charge in [0.15, 0.2) is 11.5 Å². The van der Waals surface area contributed by atoms with Crippen molar-refractivity contribution in [3.8, 4) is 11.5 Å². The summed E-state index contributed by atoms with van der Waals surface area (Å²) in [5.74, 6) is 1.02. The highest BCUT2D eigenvalue weighted by atomic mass is 19.4. The SMILES string of the molecule is CCOc1ccc(C=NNc2ccc(C(F)(F)F)cc2[N+](=O)[O-])cc1OC. The normalized spacial score (nSPS) is 11.4. The zero-order valence-electron chi connectivity index (χ0n) is 14.4. The van der Waals surface area contributed by atoms with Crippen LogP contribution in [0.2, 0.25) is 0 Å². The van der Waals surface area contributed by atoms with E-state index in [2.05, 4.69) is 10.5 Å². The van der Waals surface area contributed by atoms with E-state index >= 15 is 0 Å². The predicted molar refractivity (Wildman–Crippen MR) is 93.5 cm³/mol. The fourth-order valence-corrected chi connectivity index (χ4v) is 2.17. The summed E-state index contributed by atoms with van der Waals surface area (Å²) in [5.41, 5.74) is 0.976. The molecule has 2 aromatic carbocycles. The van der Waals surface area contributed by atoms with Crippen LogP contribution in [0.5, 0.6) is 11.5 Å². The van der Waals surface area contributed by atoms with Crippen molar-refractivity contribution in [3.05, 3.63) is 57.6 Å². The van der Waals surface area contributed by atoms with Crippen LogP contribution in [-0.4, -0.2) is 24.9 Å². The van der Waals surface area contributed by atoms with E-state index in [0.717, 1.165) is 12.1 Å². The highest BCUT2D eigenvalue weighted by molar-refractivity contribution is 5.82. The lowest BCUT2D eigenvalue weighted by atomic mass is 10.1. The molecule has 0 bridgehead atoms. The van der Waals surface area contributed by atoms with Gasteiger partial charge in [-0.1, -0.05) is 0 Å². The first-order chi connectivity index (χ1) is 12.8. The third-order valence-electron chi connectivity index (χ3n) is 3.41. The van der Waals surface area contributed by atoms with E-state index < -0.39 is 22.4 Å². The summed E-state index contributed by atoms with van der Waals surface area (Å²) < 4.78 is 48.7. The van der Waals surface area contributed by atoms with E-state index in [4.69, 9.17) is 9.47 Å². The summed E-state index contributed by atoms with van der Waals surface area (Å²) >= 11 is 0. The Morgan fingerprint density at radius 1 is 1.22 bits per heavy atom. The van der Waals surface area contributed by atoms with Crippen LogP contribution in [0, 0.1) is 10.1 Å². The molecule has 1 N–H and O–H groups in total. The number of hydrogen-bond acceptors (Lipinski definition) is 6. The van der Waals surface area contributed by atoms with Gasteiger partial charge in [-0.05, 0) is 42.8 Å². The van der Waals surface area contributed by atoms with Gasteiger partial charge in [0.05, 0.1) is 30.4 Å². The van der Waals surface area contributed by atoms with Crippen LogP contribution in [0.3, 0.4) is 0 Å². The van der Waals surface area contributed by atoms with Crippen molar-refractivity contribution in [2.75, 3.05) is 19.1 Å². The Balaban J connectivity index is 2.22. The van der Waals surface area contributed by atoms with Crippen LogP contribution in [0.25, 0.3) is 0 Å². The predicted octanol–water partition coefficient (Wildman–Crippen LogP) is 4.47. The molecule has 0 radical (unpaired) electrons. The summed E-state index contributed by atoms with van der Waals surface area (Å²) in [6, 6.07) is 7.14. The summed E-state index contributed by atoms with van der Waals surface area (Å²) in [4.78, 5) is 10.1. The van der Waals surface area contributed by atoms with Crippen molar-refractivity contribution in [2.45, 2.75) is 13.1 Å². The van der Waals surface area contributed by atoms with Crippen LogP contribution in [0.1, 0.15) is 18.1 Å². The molecule has 2 aromatic rings. The van der Waals surface area contributed by atoms with Crippen molar-refractivity contribution < 1.29 is 27.6 Å². The molecular formula is C17H16F3N3O4. The first kappa shape index (κ1) is 20.0. The Hall–Kier alpha value is -3.30. The molecule has 0 fully saturated rings. The first-order valence-corrected chi connectivity index (χ1v) is 7.71. The van der Waals surface area contributed by atoms with Crippen LogP contribution in [-0.2, 0) is 6.18 Å². The van der Waals surface area contributed by atoms with Crippen molar-refractivity contribution >= 4 is 17.6 Å². The van der Waals surface area contributed by atoms with Crippen LogP contribution in [0.15, 0.2) is 41.5 Å². The number of halogens is 3. The molecule has 144 valence electrons. The van der Waals surface area contributed by atoms with Crippen LogP contribution in [0.4, 0.5) is 24.5 Å². The van der Waals surface area contributed by atoms with Gasteiger partial charge in [0.2, 0.25) is 0 Å². The molecule has 0 spiro atoms. The van der Waals surface area contributed by atoms with Crippen LogP contribution < -0.4 is 14.9 Å². The summed E-state index contributed by atoms with van der Waals surface area (Å²) in [7, 11) is 1.47. The minimum Gasteiger partial charge on any atom is -0.493 e. The van der Waals surface area contributed by atoms with Gasteiger partial charge >= 0.3 is 6.18 Å². The van der Waals surface area contributed by atoms with E-state index in [1.54, 1.807) is 18.2 Å². The molecule has 0 aliphatic heterocycles. The molecule has 0 atom stereocenters. The number of alkyl halides is 3. The van der Waals surface area contributed by atoms with Crippen molar-refractivity contribution in [1.29, 1.82) is 0 Å². The molecule has 0 aliphatic rings. The van der Waals surface area contributed by atoms with Gasteiger partial charge in [0, 0.05) is 6.07 Å². The molecule has 0 aliphatic carbocycles. The second kappa shape index (κ2) is 8.39. The van der Waals surface area contributed by atoms with E-state index in [0.29, 0.717) is 29.7 Å². The van der Waals surface area contributed by atoms with Gasteiger partial charge in [-0.2, -0.15) is 18.3 Å². The standard InChI is InChI=1S/C17H16F3N3O4/c1-3-27-15-7-4-11(8-16(15)26-2)10-21-22-13-6-5-12(17(18,19)20)9-14(13)23(24)25/h4-10,22H,3H2,1-2H3. The highest BCUT2D eigenvalue weighted by Crippen LogP contribution is 2.35. The maximum atomic E-state index is 12.7. The topological polar surface area (TPSA) is 86.0 Å². The molecule has 0 saturated carbocycles. The number of anilines is 1. The molecule has 0 saturated heterocycles. The second-order valence-electron chi connectivity index (χ2n) is 5.20. The van der Waals surface area contributed by atoms with Gasteiger partial charge in [-0.25, -0.2) is 0 Å². The number of hydrogen-bond donors (Lipinski definition) is 1. The van der Waals surface area contributed by atoms with E-state index in [1.165, 1.54) is 13.3 Å². The molecule has 0 unspecified atom stereocenters. The average Bonchev–Trinajstić information content (AvgIpc) is 2.62. The molecule has 10 heteroatoms. The lowest BCUT2D eigenvalue weighted by molar-refractivity contribution is -0.384. The van der Waals surface area contributed by atoms with Gasteiger partial charge in [0.25, 0.3) is 5.69 Å². The number of nitro groups is 1. The Morgan fingerprint density at radius 3 is 2.56 bits per heavy atom. The number of nitro benzene ring substituents is 1. The van der Waals surface area contributed by atoms with Crippen molar-refractivity contribution in [1.82, 2.24) is 0 Å². The number of nitrogens with one attached hydrogen (secondary N) is 1. The zero-order valence-corrected chi connectivity index (χ0v) is 14.4. The number of methoxy groups -OCH3 is 1. The quantitative estimate of drug-likeness (QED) is 0.433. The molecule has 2 rings (SSSR count). The third kappa shape index (κ3) is 5.09. The van der Waals surface area contributed by atoms with Crippen LogP contribution >= 0.6 is 0 Å². The Morgan fingerprint density at radius 2 is 1.96 bits per heavy atom. The zero-order chi connectivity index (χ0) is 20.0. The van der Waals surface area contributed by atoms with Gasteiger partial charge in [0.1, 0.15) is 5.69 Å². The third-order valence-corrected chi connectivity index (χ3v) is 3.41. The molecule has 27 heavy (non-hydrogen) atoms. The maximum Gasteiger partial charge on any atom is 0.416 e. The number of hydrazone groups is 1. The molecule has 0 aromatic heterocycles. The largest absolute Gasteiger partial charge is 0.493 e. The van der Waals surface area contributed by atoms with Gasteiger partial charge in [-0.3, -0.25) is 15.5 Å². The van der Waals surface area contributed by atoms with E-state index in [1.807, 2.05) is 6.92 Å². The van der Waals surface area contributed by atoms with Crippen molar-refractivity contribution in [3.63, 3.8) is 0 Å². The molecule has 7 nitrogen and oxygen atoms in total. The average molecular weight is 383 g/mol. The lowest BCUT2D eigenvalue weighted by Crippen LogP contribution is -2.06. The Labute approximate surface area is 152 Å².